The van der Waals surface area contributed by atoms with Gasteiger partial charge >= 0.3 is 5.97 Å². The maximum atomic E-state index is 12.6. The topological polar surface area (TPSA) is 64.1 Å². The Kier molecular flexibility index (Phi) is 5.14. The van der Waals surface area contributed by atoms with Crippen LogP contribution in [-0.4, -0.2) is 28.6 Å². The molecule has 5 nitrogen and oxygen atoms in total. The second-order valence-corrected chi connectivity index (χ2v) is 8.16. The third-order valence-corrected chi connectivity index (χ3v) is 6.46. The van der Waals surface area contributed by atoms with Gasteiger partial charge in [0, 0.05) is 23.1 Å². The van der Waals surface area contributed by atoms with Gasteiger partial charge in [-0.05, 0) is 67.5 Å². The lowest BCUT2D eigenvalue weighted by atomic mass is 9.61. The van der Waals surface area contributed by atoms with E-state index in [0.29, 0.717) is 24.3 Å². The van der Waals surface area contributed by atoms with E-state index < -0.39 is 0 Å². The van der Waals surface area contributed by atoms with Crippen molar-refractivity contribution in [1.29, 1.82) is 0 Å². The van der Waals surface area contributed by atoms with E-state index in [1.165, 1.54) is 0 Å². The van der Waals surface area contributed by atoms with Crippen LogP contribution < -0.4 is 5.32 Å². The number of fused-ring (bicyclic) bond motifs is 3. The van der Waals surface area contributed by atoms with Gasteiger partial charge in [0.05, 0.1) is 18.2 Å². The van der Waals surface area contributed by atoms with Crippen molar-refractivity contribution in [2.45, 2.75) is 38.6 Å². The van der Waals surface area contributed by atoms with E-state index in [1.807, 2.05) is 29.8 Å². The number of nitrogens with one attached hydrogen (secondary N) is 1. The molecule has 2 bridgehead atoms. The molecule has 2 atom stereocenters. The molecular weight excluding hydrogens is 370 g/mol. The second-order valence-electron chi connectivity index (χ2n) is 7.04. The first-order chi connectivity index (χ1) is 12.7. The standard InChI is InChI=1S/C19H22ClN3O2S/c1-2-25-18(24)16-11-3-5-12(6-4-11)17(16)22-15-9-14(21-19(20)23-15)13-7-8-26-10-13/h7-12,16-17H,2-6H2,1H3,(H,21,22,23)/t11?,12?,16-,17-/m0/s1. The molecule has 0 aromatic carbocycles. The number of hydrogen-bond acceptors (Lipinski definition) is 6. The monoisotopic (exact) mass is 391 g/mol. The summed E-state index contributed by atoms with van der Waals surface area (Å²) in [7, 11) is 0. The van der Waals surface area contributed by atoms with E-state index in [4.69, 9.17) is 16.3 Å². The summed E-state index contributed by atoms with van der Waals surface area (Å²) in [4.78, 5) is 21.3. The number of halogens is 1. The zero-order valence-electron chi connectivity index (χ0n) is 14.7. The fourth-order valence-electron chi connectivity index (χ4n) is 4.46. The van der Waals surface area contributed by atoms with E-state index in [0.717, 1.165) is 36.9 Å². The van der Waals surface area contributed by atoms with Crippen LogP contribution >= 0.6 is 22.9 Å². The fraction of sp³-hybridized carbons (Fsp3) is 0.526. The SMILES string of the molecule is CCOC(=O)[C@H]1C2CCC(CC2)[C@@H]1Nc1cc(-c2ccsc2)nc(Cl)n1. The molecule has 26 heavy (non-hydrogen) atoms. The summed E-state index contributed by atoms with van der Waals surface area (Å²) in [5.41, 5.74) is 1.82. The summed E-state index contributed by atoms with van der Waals surface area (Å²) in [6.07, 6.45) is 4.51. The first-order valence-electron chi connectivity index (χ1n) is 9.16. The summed E-state index contributed by atoms with van der Waals surface area (Å²) in [6, 6.07) is 3.97. The highest BCUT2D eigenvalue weighted by Crippen LogP contribution is 2.46. The molecule has 3 fully saturated rings. The smallest absolute Gasteiger partial charge is 0.311 e. The van der Waals surface area contributed by atoms with Gasteiger partial charge in [0.2, 0.25) is 5.28 Å². The Morgan fingerprint density at radius 2 is 2.08 bits per heavy atom. The second kappa shape index (κ2) is 7.53. The zero-order valence-corrected chi connectivity index (χ0v) is 16.2. The molecular formula is C19H22ClN3O2S. The van der Waals surface area contributed by atoms with E-state index in [2.05, 4.69) is 15.3 Å². The van der Waals surface area contributed by atoms with Gasteiger partial charge in [-0.2, -0.15) is 11.3 Å². The number of carbonyl (C=O) groups is 1. The Hall–Kier alpha value is -1.66. The van der Waals surface area contributed by atoms with E-state index in [-0.39, 0.29) is 23.2 Å². The number of carbonyl (C=O) groups excluding carboxylic acids is 1. The quantitative estimate of drug-likeness (QED) is 0.594. The number of esters is 1. The number of thiophene rings is 1. The molecule has 0 unspecified atom stereocenters. The zero-order chi connectivity index (χ0) is 18.1. The Labute approximate surface area is 162 Å². The van der Waals surface area contributed by atoms with Crippen molar-refractivity contribution in [3.05, 3.63) is 28.2 Å². The molecule has 2 heterocycles. The predicted octanol–water partition coefficient (Wildman–Crippen LogP) is 4.64. The van der Waals surface area contributed by atoms with Crippen LogP contribution in [0.4, 0.5) is 5.82 Å². The van der Waals surface area contributed by atoms with Crippen LogP contribution in [0.3, 0.4) is 0 Å². The van der Waals surface area contributed by atoms with Crippen LogP contribution in [0.2, 0.25) is 5.28 Å². The molecule has 0 radical (unpaired) electrons. The molecule has 7 heteroatoms. The molecule has 2 aromatic rings. The van der Waals surface area contributed by atoms with Gasteiger partial charge in [0.1, 0.15) is 5.82 Å². The lowest BCUT2D eigenvalue weighted by Crippen LogP contribution is -2.52. The van der Waals surface area contributed by atoms with Crippen LogP contribution in [0.1, 0.15) is 32.6 Å². The first kappa shape index (κ1) is 17.7. The number of rotatable bonds is 5. The molecule has 5 rings (SSSR count). The number of nitrogens with zero attached hydrogens (tertiary/aromatic N) is 2. The van der Waals surface area contributed by atoms with Gasteiger partial charge in [-0.25, -0.2) is 9.97 Å². The Morgan fingerprint density at radius 3 is 2.77 bits per heavy atom. The first-order valence-corrected chi connectivity index (χ1v) is 10.5. The third-order valence-electron chi connectivity index (χ3n) is 5.61. The Morgan fingerprint density at radius 1 is 1.31 bits per heavy atom. The summed E-state index contributed by atoms with van der Waals surface area (Å²) in [5, 5.41) is 7.77. The van der Waals surface area contributed by atoms with Crippen LogP contribution in [0.25, 0.3) is 11.3 Å². The molecule has 3 saturated carbocycles. The lowest BCUT2D eigenvalue weighted by molar-refractivity contribution is -0.154. The Bertz CT molecular complexity index is 775. The molecule has 0 amide bonds. The number of aromatic nitrogens is 2. The molecule has 1 N–H and O–H groups in total. The molecule has 2 aromatic heterocycles. The van der Waals surface area contributed by atoms with Crippen LogP contribution in [0.5, 0.6) is 0 Å². The third kappa shape index (κ3) is 3.45. The summed E-state index contributed by atoms with van der Waals surface area (Å²) in [5.74, 6) is 1.34. The van der Waals surface area contributed by atoms with Gasteiger partial charge in [0.25, 0.3) is 0 Å². The van der Waals surface area contributed by atoms with E-state index in [9.17, 15) is 4.79 Å². The Balaban J connectivity index is 1.61. The highest BCUT2D eigenvalue weighted by molar-refractivity contribution is 7.08. The maximum Gasteiger partial charge on any atom is 0.311 e. The molecule has 0 saturated heterocycles. The summed E-state index contributed by atoms with van der Waals surface area (Å²) >= 11 is 7.78. The molecule has 0 spiro atoms. The van der Waals surface area contributed by atoms with Crippen molar-refractivity contribution in [2.24, 2.45) is 17.8 Å². The molecule has 3 aliphatic rings. The summed E-state index contributed by atoms with van der Waals surface area (Å²) < 4.78 is 5.37. The van der Waals surface area contributed by atoms with E-state index in [1.54, 1.807) is 11.3 Å². The largest absolute Gasteiger partial charge is 0.466 e. The average Bonchev–Trinajstić information content (AvgIpc) is 3.17. The predicted molar refractivity (Wildman–Crippen MR) is 103 cm³/mol. The fourth-order valence-corrected chi connectivity index (χ4v) is 5.29. The van der Waals surface area contributed by atoms with Crippen molar-refractivity contribution in [1.82, 2.24) is 9.97 Å². The van der Waals surface area contributed by atoms with E-state index >= 15 is 0 Å². The van der Waals surface area contributed by atoms with Crippen LogP contribution in [0.15, 0.2) is 22.9 Å². The number of anilines is 1. The van der Waals surface area contributed by atoms with Crippen molar-refractivity contribution in [3.8, 4) is 11.3 Å². The minimum atomic E-state index is -0.110. The maximum absolute atomic E-state index is 12.6. The average molecular weight is 392 g/mol. The van der Waals surface area contributed by atoms with Crippen molar-refractivity contribution in [3.63, 3.8) is 0 Å². The van der Waals surface area contributed by atoms with Gasteiger partial charge in [-0.15, -0.1) is 0 Å². The highest BCUT2D eigenvalue weighted by atomic mass is 35.5. The minimum absolute atomic E-state index is 0.0443. The normalized spacial score (nSPS) is 27.3. The molecule has 0 aliphatic heterocycles. The minimum Gasteiger partial charge on any atom is -0.466 e. The molecule has 138 valence electrons. The van der Waals surface area contributed by atoms with Crippen LogP contribution in [-0.2, 0) is 9.53 Å². The lowest BCUT2D eigenvalue weighted by Gasteiger charge is -2.47. The van der Waals surface area contributed by atoms with Gasteiger partial charge in [-0.3, -0.25) is 4.79 Å². The van der Waals surface area contributed by atoms with Gasteiger partial charge in [-0.1, -0.05) is 0 Å². The van der Waals surface area contributed by atoms with Gasteiger partial charge < -0.3 is 10.1 Å². The van der Waals surface area contributed by atoms with Crippen molar-refractivity contribution in [2.75, 3.05) is 11.9 Å². The summed E-state index contributed by atoms with van der Waals surface area (Å²) in [6.45, 7) is 2.28. The van der Waals surface area contributed by atoms with Crippen molar-refractivity contribution < 1.29 is 9.53 Å². The molecule has 3 aliphatic carbocycles. The number of ether oxygens (including phenoxy) is 1. The van der Waals surface area contributed by atoms with Crippen LogP contribution in [0, 0.1) is 17.8 Å². The number of hydrogen-bond donors (Lipinski definition) is 1. The highest BCUT2D eigenvalue weighted by Gasteiger charge is 2.48. The van der Waals surface area contributed by atoms with Crippen molar-refractivity contribution >= 4 is 34.7 Å². The van der Waals surface area contributed by atoms with Gasteiger partial charge in [0.15, 0.2) is 0 Å².